The van der Waals surface area contributed by atoms with E-state index in [1.54, 1.807) is 24.5 Å². The lowest BCUT2D eigenvalue weighted by Gasteiger charge is -2.26. The zero-order chi connectivity index (χ0) is 27.5. The van der Waals surface area contributed by atoms with Gasteiger partial charge in [-0.15, -0.1) is 0 Å². The van der Waals surface area contributed by atoms with Crippen LogP contribution in [0.25, 0.3) is 22.3 Å². The highest BCUT2D eigenvalue weighted by Crippen LogP contribution is 2.34. The van der Waals surface area contributed by atoms with E-state index in [4.69, 9.17) is 27.3 Å². The first kappa shape index (κ1) is 28.8. The number of nitriles is 1. The molecule has 0 radical (unpaired) electrons. The van der Waals surface area contributed by atoms with Gasteiger partial charge in [0, 0.05) is 17.5 Å². The Morgan fingerprint density at radius 2 is 1.95 bits per heavy atom. The lowest BCUT2D eigenvalue weighted by molar-refractivity contribution is -0.0184. The lowest BCUT2D eigenvalue weighted by Crippen LogP contribution is -2.24. The Bertz CT molecular complexity index is 1280. The molecule has 10 heteroatoms. The van der Waals surface area contributed by atoms with Crippen molar-refractivity contribution in [3.8, 4) is 17.3 Å². The van der Waals surface area contributed by atoms with Crippen LogP contribution in [0, 0.1) is 23.1 Å². The highest BCUT2D eigenvalue weighted by molar-refractivity contribution is 6.33. The van der Waals surface area contributed by atoms with Gasteiger partial charge >= 0.3 is 0 Å². The number of halogens is 2. The predicted molar refractivity (Wildman–Crippen MR) is 143 cm³/mol. The van der Waals surface area contributed by atoms with Gasteiger partial charge in [0.2, 0.25) is 5.95 Å². The summed E-state index contributed by atoms with van der Waals surface area (Å²) < 4.78 is 22.2. The minimum Gasteiger partial charge on any atom is -0.383 e. The number of nitrogen functional groups attached to an aromatic ring is 1. The van der Waals surface area contributed by atoms with E-state index in [-0.39, 0.29) is 28.4 Å². The molecule has 1 aliphatic carbocycles. The van der Waals surface area contributed by atoms with Gasteiger partial charge in [0.1, 0.15) is 16.9 Å². The maximum Gasteiger partial charge on any atom is 0.220 e. The van der Waals surface area contributed by atoms with Crippen molar-refractivity contribution in [2.24, 2.45) is 5.92 Å². The molecule has 3 aromatic rings. The number of fused-ring (bicyclic) bond motifs is 1. The molecule has 3 N–H and O–H groups in total. The van der Waals surface area contributed by atoms with Gasteiger partial charge < -0.3 is 20.1 Å². The summed E-state index contributed by atoms with van der Waals surface area (Å²) in [5.74, 6) is 0.157. The number of hydrogen-bond acceptors (Lipinski definition) is 7. The number of hydrogen-bond donors (Lipinski definition) is 2. The molecule has 1 unspecified atom stereocenters. The van der Waals surface area contributed by atoms with Crippen LogP contribution < -0.4 is 5.73 Å². The van der Waals surface area contributed by atoms with Crippen LogP contribution >= 0.6 is 11.6 Å². The van der Waals surface area contributed by atoms with Crippen molar-refractivity contribution in [1.82, 2.24) is 19.5 Å². The fraction of sp³-hybridized carbons (Fsp3) is 0.556. The molecule has 4 rings (SSSR count). The number of imidazole rings is 1. The van der Waals surface area contributed by atoms with Crippen molar-refractivity contribution in [2.75, 3.05) is 5.73 Å². The quantitative estimate of drug-likeness (QED) is 0.404. The molecular formula is C27H36ClFN6O2. The second kappa shape index (κ2) is 11.7. The maximum absolute atomic E-state index is 14.7. The molecule has 0 bridgehead atoms. The summed E-state index contributed by atoms with van der Waals surface area (Å²) in [5, 5.41) is 19.4. The Hall–Kier alpha value is -2.80. The van der Waals surface area contributed by atoms with Crippen LogP contribution in [-0.4, -0.2) is 36.8 Å². The summed E-state index contributed by atoms with van der Waals surface area (Å²) in [6.07, 6.45) is 6.30. The number of aromatic nitrogens is 4. The highest BCUT2D eigenvalue weighted by atomic mass is 35.5. The Balaban J connectivity index is 0.000000266. The molecule has 0 spiro atoms. The summed E-state index contributed by atoms with van der Waals surface area (Å²) in [6.45, 7) is 11.2. The number of anilines is 1. The molecular weight excluding hydrogens is 495 g/mol. The van der Waals surface area contributed by atoms with Crippen molar-refractivity contribution in [3.63, 3.8) is 0 Å². The molecule has 1 saturated carbocycles. The molecule has 1 aromatic carbocycles. The van der Waals surface area contributed by atoms with Crippen molar-refractivity contribution >= 4 is 28.6 Å². The minimum absolute atomic E-state index is 0.0352. The monoisotopic (exact) mass is 530 g/mol. The van der Waals surface area contributed by atoms with Gasteiger partial charge in [-0.3, -0.25) is 0 Å². The molecule has 2 atom stereocenters. The second-order valence-electron chi connectivity index (χ2n) is 10.5. The van der Waals surface area contributed by atoms with Crippen molar-refractivity contribution in [1.29, 1.82) is 5.26 Å². The Morgan fingerprint density at radius 1 is 1.24 bits per heavy atom. The third kappa shape index (κ3) is 6.95. The minimum atomic E-state index is -1.22. The van der Waals surface area contributed by atoms with Crippen molar-refractivity contribution < 1.29 is 14.2 Å². The first-order valence-electron chi connectivity index (χ1n) is 12.6. The number of nitrogens with zero attached hydrogens (tertiary/aromatic N) is 5. The summed E-state index contributed by atoms with van der Waals surface area (Å²) in [4.78, 5) is 12.3. The fourth-order valence-electron chi connectivity index (χ4n) is 4.60. The molecule has 2 aromatic heterocycles. The maximum atomic E-state index is 14.7. The van der Waals surface area contributed by atoms with Gasteiger partial charge in [0.05, 0.1) is 40.7 Å². The lowest BCUT2D eigenvalue weighted by atomic mass is 9.88. The van der Waals surface area contributed by atoms with Gasteiger partial charge in [-0.1, -0.05) is 11.6 Å². The highest BCUT2D eigenvalue weighted by Gasteiger charge is 2.28. The van der Waals surface area contributed by atoms with Gasteiger partial charge in [0.15, 0.2) is 5.82 Å². The summed E-state index contributed by atoms with van der Waals surface area (Å²) >= 11 is 6.15. The van der Waals surface area contributed by atoms with E-state index in [9.17, 15) is 9.50 Å². The molecule has 1 aliphatic rings. The van der Waals surface area contributed by atoms with E-state index in [0.717, 1.165) is 25.7 Å². The molecule has 8 nitrogen and oxygen atoms in total. The van der Waals surface area contributed by atoms with E-state index in [1.165, 1.54) is 12.3 Å². The van der Waals surface area contributed by atoms with Crippen LogP contribution in [0.5, 0.6) is 0 Å². The molecule has 0 amide bonds. The van der Waals surface area contributed by atoms with Crippen LogP contribution in [0.4, 0.5) is 10.3 Å². The summed E-state index contributed by atoms with van der Waals surface area (Å²) in [6, 6.07) is 5.34. The van der Waals surface area contributed by atoms with Crippen LogP contribution in [0.1, 0.15) is 79.1 Å². The molecule has 0 saturated heterocycles. The second-order valence-corrected chi connectivity index (χ2v) is 10.9. The average Bonchev–Trinajstić information content (AvgIpc) is 3.22. The van der Waals surface area contributed by atoms with Gasteiger partial charge in [-0.05, 0) is 79.4 Å². The topological polar surface area (TPSA) is 123 Å². The molecule has 2 heterocycles. The standard InChI is InChI=1S/C17H19ClFN5O.C10H17NO/c1-8(2)24-12-6-9(13-10(18)7-21-16(20)23-13)5-11(19)14(12)22-15(24)17(3,4)25;1-8(2)12-10-5-3-4-9(6-10)7-11/h5-8,25H,1-4H3,(H2,20,21,23);8-10H,3-6H2,1-2H3/t;9-,10?/m.0/s1. The fourth-order valence-corrected chi connectivity index (χ4v) is 4.80. The number of ether oxygens (including phenoxy) is 1. The van der Waals surface area contributed by atoms with Crippen molar-refractivity contribution in [2.45, 2.75) is 91.1 Å². The van der Waals surface area contributed by atoms with Crippen molar-refractivity contribution in [3.05, 3.63) is 35.0 Å². The number of nitrogens with two attached hydrogens (primary N) is 1. The smallest absolute Gasteiger partial charge is 0.220 e. The van der Waals surface area contributed by atoms with Gasteiger partial charge in [-0.25, -0.2) is 19.3 Å². The van der Waals surface area contributed by atoms with Crippen LogP contribution in [0.3, 0.4) is 0 Å². The third-order valence-corrected chi connectivity index (χ3v) is 6.40. The summed E-state index contributed by atoms with van der Waals surface area (Å²) in [7, 11) is 0. The number of benzene rings is 1. The SMILES string of the molecule is CC(C)OC1CCC[C@H](C#N)C1.CC(C)n1c(C(C)(C)O)nc2c(F)cc(-c3nc(N)ncc3Cl)cc21. The molecule has 200 valence electrons. The third-order valence-electron chi connectivity index (χ3n) is 6.12. The van der Waals surface area contributed by atoms with Crippen LogP contribution in [0.15, 0.2) is 18.3 Å². The number of rotatable bonds is 5. The van der Waals surface area contributed by atoms with Crippen LogP contribution in [0.2, 0.25) is 5.02 Å². The van der Waals surface area contributed by atoms with E-state index >= 15 is 0 Å². The first-order valence-corrected chi connectivity index (χ1v) is 13.0. The predicted octanol–water partition coefficient (Wildman–Crippen LogP) is 6.17. The molecule has 0 aliphatic heterocycles. The Kier molecular flexibility index (Phi) is 9.11. The normalized spacial score (nSPS) is 18.1. The summed E-state index contributed by atoms with van der Waals surface area (Å²) in [5.41, 5.74) is 5.96. The zero-order valence-electron chi connectivity index (χ0n) is 22.3. The van der Waals surface area contributed by atoms with Crippen LogP contribution in [-0.2, 0) is 10.3 Å². The van der Waals surface area contributed by atoms with E-state index < -0.39 is 11.4 Å². The van der Waals surface area contributed by atoms with E-state index in [1.807, 2.05) is 13.8 Å². The largest absolute Gasteiger partial charge is 0.383 e. The van der Waals surface area contributed by atoms with E-state index in [0.29, 0.717) is 34.8 Å². The Labute approximate surface area is 222 Å². The zero-order valence-corrected chi connectivity index (χ0v) is 23.1. The van der Waals surface area contributed by atoms with Gasteiger partial charge in [0.25, 0.3) is 0 Å². The van der Waals surface area contributed by atoms with Gasteiger partial charge in [-0.2, -0.15) is 5.26 Å². The Morgan fingerprint density at radius 3 is 2.54 bits per heavy atom. The molecule has 1 fully saturated rings. The van der Waals surface area contributed by atoms with E-state index in [2.05, 4.69) is 34.9 Å². The first-order chi connectivity index (χ1) is 17.3. The average molecular weight is 531 g/mol. The number of aliphatic hydroxyl groups is 1. The molecule has 37 heavy (non-hydrogen) atoms.